The van der Waals surface area contributed by atoms with E-state index in [2.05, 4.69) is 71.1 Å². The fourth-order valence-electron chi connectivity index (χ4n) is 2.00. The van der Waals surface area contributed by atoms with Crippen molar-refractivity contribution in [3.8, 4) is 0 Å². The first-order chi connectivity index (χ1) is 8.65. The van der Waals surface area contributed by atoms with Gasteiger partial charge in [0.05, 0.1) is 6.54 Å². The number of hydrogen-bond donors (Lipinski definition) is 1. The van der Waals surface area contributed by atoms with Crippen molar-refractivity contribution in [3.63, 3.8) is 0 Å². The predicted molar refractivity (Wildman–Crippen MR) is 81.5 cm³/mol. The Morgan fingerprint density at radius 1 is 1.00 bits per heavy atom. The molecular formula is C17H25NO. The van der Waals surface area contributed by atoms with Crippen LogP contribution in [0.3, 0.4) is 0 Å². The Bertz CT molecular complexity index is 567. The van der Waals surface area contributed by atoms with Crippen LogP contribution in [-0.2, 0) is 12.0 Å². The summed E-state index contributed by atoms with van der Waals surface area (Å²) in [7, 11) is 0. The number of hydrogen-bond acceptors (Lipinski definition) is 2. The molecule has 0 fully saturated rings. The predicted octanol–water partition coefficient (Wildman–Crippen LogP) is 4.62. The smallest absolute Gasteiger partial charge is 0.134 e. The summed E-state index contributed by atoms with van der Waals surface area (Å²) < 4.78 is 5.87. The quantitative estimate of drug-likeness (QED) is 0.851. The third kappa shape index (κ3) is 3.60. The normalized spacial score (nSPS) is 13.2. The number of nitrogens with one attached hydrogen (secondary N) is 1. The second kappa shape index (κ2) is 4.68. The first-order valence-electron chi connectivity index (χ1n) is 6.93. The Hall–Kier alpha value is -1.28. The zero-order valence-electron chi connectivity index (χ0n) is 12.9. The molecule has 2 nitrogen and oxygen atoms in total. The van der Waals surface area contributed by atoms with Gasteiger partial charge in [-0.05, 0) is 49.9 Å². The fourth-order valence-corrected chi connectivity index (χ4v) is 2.00. The van der Waals surface area contributed by atoms with Crippen molar-refractivity contribution in [2.75, 3.05) is 0 Å². The van der Waals surface area contributed by atoms with Crippen molar-refractivity contribution in [3.05, 3.63) is 35.6 Å². The first kappa shape index (κ1) is 14.1. The summed E-state index contributed by atoms with van der Waals surface area (Å²) >= 11 is 0. The van der Waals surface area contributed by atoms with Crippen LogP contribution in [0.1, 0.15) is 52.9 Å². The summed E-state index contributed by atoms with van der Waals surface area (Å²) in [5, 5.41) is 4.64. The molecule has 0 spiro atoms. The molecule has 0 saturated carbocycles. The molecule has 104 valence electrons. The average Bonchev–Trinajstić information content (AvgIpc) is 2.65. The highest BCUT2D eigenvalue weighted by atomic mass is 16.3. The van der Waals surface area contributed by atoms with E-state index in [1.165, 1.54) is 10.9 Å². The van der Waals surface area contributed by atoms with E-state index in [1.807, 2.05) is 0 Å². The SMILES string of the molecule is CC(C)(C)NCc1cc2cc(C(C)(C)C)ccc2o1. The molecule has 2 heteroatoms. The highest BCUT2D eigenvalue weighted by Crippen LogP contribution is 2.28. The Labute approximate surface area is 116 Å². The summed E-state index contributed by atoms with van der Waals surface area (Å²) in [4.78, 5) is 0. The van der Waals surface area contributed by atoms with E-state index in [4.69, 9.17) is 4.42 Å². The Balaban J connectivity index is 2.26. The van der Waals surface area contributed by atoms with Gasteiger partial charge in [-0.1, -0.05) is 26.8 Å². The molecule has 0 aliphatic carbocycles. The lowest BCUT2D eigenvalue weighted by Crippen LogP contribution is -2.34. The molecule has 19 heavy (non-hydrogen) atoms. The fraction of sp³-hybridized carbons (Fsp3) is 0.529. The van der Waals surface area contributed by atoms with Gasteiger partial charge in [0.1, 0.15) is 11.3 Å². The maximum atomic E-state index is 5.87. The number of fused-ring (bicyclic) bond motifs is 1. The summed E-state index contributed by atoms with van der Waals surface area (Å²) in [6.07, 6.45) is 0. The molecule has 1 aromatic carbocycles. The zero-order valence-corrected chi connectivity index (χ0v) is 12.9. The molecule has 0 saturated heterocycles. The largest absolute Gasteiger partial charge is 0.460 e. The third-order valence-electron chi connectivity index (χ3n) is 3.23. The lowest BCUT2D eigenvalue weighted by molar-refractivity contribution is 0.395. The molecule has 0 aliphatic heterocycles. The van der Waals surface area contributed by atoms with Crippen LogP contribution >= 0.6 is 0 Å². The van der Waals surface area contributed by atoms with Gasteiger partial charge in [-0.3, -0.25) is 0 Å². The standard InChI is InChI=1S/C17H25NO/c1-16(2,3)13-7-8-15-12(9-13)10-14(19-15)11-18-17(4,5)6/h7-10,18H,11H2,1-6H3. The van der Waals surface area contributed by atoms with Crippen molar-refractivity contribution in [1.29, 1.82) is 0 Å². The molecule has 0 unspecified atom stereocenters. The van der Waals surface area contributed by atoms with Gasteiger partial charge in [0.25, 0.3) is 0 Å². The minimum Gasteiger partial charge on any atom is -0.460 e. The summed E-state index contributed by atoms with van der Waals surface area (Å²) in [5.74, 6) is 0.996. The van der Waals surface area contributed by atoms with Crippen LogP contribution < -0.4 is 5.32 Å². The van der Waals surface area contributed by atoms with Crippen molar-refractivity contribution in [1.82, 2.24) is 5.32 Å². The second-order valence-corrected chi connectivity index (χ2v) is 7.32. The molecule has 2 rings (SSSR count). The van der Waals surface area contributed by atoms with E-state index in [-0.39, 0.29) is 11.0 Å². The van der Waals surface area contributed by atoms with E-state index in [9.17, 15) is 0 Å². The summed E-state index contributed by atoms with van der Waals surface area (Å²) in [6.45, 7) is 13.9. The van der Waals surface area contributed by atoms with E-state index in [1.54, 1.807) is 0 Å². The van der Waals surface area contributed by atoms with Crippen LogP contribution in [-0.4, -0.2) is 5.54 Å². The Kier molecular flexibility index (Phi) is 3.48. The molecule has 1 N–H and O–H groups in total. The van der Waals surface area contributed by atoms with E-state index in [0.717, 1.165) is 17.9 Å². The lowest BCUT2D eigenvalue weighted by Gasteiger charge is -2.19. The maximum absolute atomic E-state index is 5.87. The number of rotatable bonds is 2. The van der Waals surface area contributed by atoms with Crippen LogP contribution in [0.2, 0.25) is 0 Å². The van der Waals surface area contributed by atoms with Crippen molar-refractivity contribution in [2.24, 2.45) is 0 Å². The van der Waals surface area contributed by atoms with Crippen LogP contribution in [0.5, 0.6) is 0 Å². The molecule has 1 heterocycles. The van der Waals surface area contributed by atoms with Gasteiger partial charge in [0.15, 0.2) is 0 Å². The van der Waals surface area contributed by atoms with E-state index < -0.39 is 0 Å². The van der Waals surface area contributed by atoms with E-state index in [0.29, 0.717) is 0 Å². The minimum atomic E-state index is 0.107. The Morgan fingerprint density at radius 3 is 2.26 bits per heavy atom. The van der Waals surface area contributed by atoms with Gasteiger partial charge < -0.3 is 9.73 Å². The van der Waals surface area contributed by atoms with E-state index >= 15 is 0 Å². The minimum absolute atomic E-state index is 0.107. The van der Waals surface area contributed by atoms with Gasteiger partial charge >= 0.3 is 0 Å². The van der Waals surface area contributed by atoms with Gasteiger partial charge in [-0.25, -0.2) is 0 Å². The highest BCUT2D eigenvalue weighted by molar-refractivity contribution is 5.79. The van der Waals surface area contributed by atoms with Gasteiger partial charge in [-0.15, -0.1) is 0 Å². The first-order valence-corrected chi connectivity index (χ1v) is 6.93. The van der Waals surface area contributed by atoms with Crippen LogP contribution in [0.25, 0.3) is 11.0 Å². The highest BCUT2D eigenvalue weighted by Gasteiger charge is 2.15. The summed E-state index contributed by atoms with van der Waals surface area (Å²) in [6, 6.07) is 8.62. The van der Waals surface area contributed by atoms with Crippen molar-refractivity contribution >= 4 is 11.0 Å². The van der Waals surface area contributed by atoms with Gasteiger partial charge in [-0.2, -0.15) is 0 Å². The molecule has 1 aromatic heterocycles. The summed E-state index contributed by atoms with van der Waals surface area (Å²) in [5.41, 5.74) is 2.60. The number of benzene rings is 1. The Morgan fingerprint density at radius 2 is 1.68 bits per heavy atom. The molecule has 2 aromatic rings. The molecule has 0 atom stereocenters. The molecule has 0 bridgehead atoms. The molecular weight excluding hydrogens is 234 g/mol. The third-order valence-corrected chi connectivity index (χ3v) is 3.23. The van der Waals surface area contributed by atoms with Gasteiger partial charge in [0.2, 0.25) is 0 Å². The molecule has 0 radical (unpaired) electrons. The zero-order chi connectivity index (χ0) is 14.3. The molecule has 0 amide bonds. The van der Waals surface area contributed by atoms with Crippen molar-refractivity contribution < 1.29 is 4.42 Å². The van der Waals surface area contributed by atoms with Crippen LogP contribution in [0, 0.1) is 0 Å². The average molecular weight is 259 g/mol. The maximum Gasteiger partial charge on any atom is 0.134 e. The lowest BCUT2D eigenvalue weighted by atomic mass is 9.86. The second-order valence-electron chi connectivity index (χ2n) is 7.32. The van der Waals surface area contributed by atoms with Crippen molar-refractivity contribution in [2.45, 2.75) is 59.0 Å². The topological polar surface area (TPSA) is 25.2 Å². The van der Waals surface area contributed by atoms with Gasteiger partial charge in [0, 0.05) is 10.9 Å². The van der Waals surface area contributed by atoms with Crippen LogP contribution in [0.4, 0.5) is 0 Å². The van der Waals surface area contributed by atoms with Crippen LogP contribution in [0.15, 0.2) is 28.7 Å². The number of furan rings is 1. The molecule has 0 aliphatic rings. The monoisotopic (exact) mass is 259 g/mol.